The van der Waals surface area contributed by atoms with Crippen molar-refractivity contribution in [1.82, 2.24) is 19.8 Å². The Morgan fingerprint density at radius 1 is 1.42 bits per heavy atom. The molecular formula is C19H23N5O2. The molecule has 2 heterocycles. The first-order valence-corrected chi connectivity index (χ1v) is 8.58. The molecule has 1 fully saturated rings. The fourth-order valence-electron chi connectivity index (χ4n) is 3.47. The highest BCUT2D eigenvalue weighted by Gasteiger charge is 2.36. The quantitative estimate of drug-likeness (QED) is 0.885. The lowest BCUT2D eigenvalue weighted by Crippen LogP contribution is -2.49. The fraction of sp³-hybridized carbons (Fsp3) is 0.421. The zero-order chi connectivity index (χ0) is 18.7. The van der Waals surface area contributed by atoms with Gasteiger partial charge in [0.15, 0.2) is 0 Å². The van der Waals surface area contributed by atoms with Crippen LogP contribution in [0.2, 0.25) is 0 Å². The fourth-order valence-corrected chi connectivity index (χ4v) is 3.47. The van der Waals surface area contributed by atoms with Gasteiger partial charge in [0.25, 0.3) is 0 Å². The predicted molar refractivity (Wildman–Crippen MR) is 96.3 cm³/mol. The van der Waals surface area contributed by atoms with Gasteiger partial charge < -0.3 is 19.5 Å². The standard InChI is InChI=1S/C19H23N5O2/c1-23-9-8-21-19(23)18-15(5-7-17(25)24(18)2)22-12-13-4-6-16(26-3)14(10-13)11-20/h4,6,8-10,15,18,22H,5,7,12H2,1-3H3/t15-,18-/m1/s1. The summed E-state index contributed by atoms with van der Waals surface area (Å²) < 4.78 is 7.15. The van der Waals surface area contributed by atoms with Crippen molar-refractivity contribution < 1.29 is 9.53 Å². The number of nitriles is 1. The second kappa shape index (κ2) is 7.58. The smallest absolute Gasteiger partial charge is 0.223 e. The second-order valence-corrected chi connectivity index (χ2v) is 6.52. The Kier molecular flexibility index (Phi) is 5.24. The van der Waals surface area contributed by atoms with Crippen LogP contribution in [0.15, 0.2) is 30.6 Å². The molecule has 1 amide bonds. The van der Waals surface area contributed by atoms with Crippen LogP contribution in [0.1, 0.15) is 35.8 Å². The molecule has 0 spiro atoms. The van der Waals surface area contributed by atoms with Crippen LogP contribution in [0.25, 0.3) is 0 Å². The Morgan fingerprint density at radius 2 is 2.23 bits per heavy atom. The number of piperidine rings is 1. The number of hydrogen-bond donors (Lipinski definition) is 1. The summed E-state index contributed by atoms with van der Waals surface area (Å²) in [6, 6.07) is 7.71. The third-order valence-electron chi connectivity index (χ3n) is 4.94. The van der Waals surface area contributed by atoms with E-state index in [1.807, 2.05) is 43.1 Å². The summed E-state index contributed by atoms with van der Waals surface area (Å²) in [6.45, 7) is 0.603. The highest BCUT2D eigenvalue weighted by atomic mass is 16.5. The van der Waals surface area contributed by atoms with Crippen molar-refractivity contribution in [2.75, 3.05) is 14.2 Å². The number of nitrogens with one attached hydrogen (secondary N) is 1. The van der Waals surface area contributed by atoms with Gasteiger partial charge in [0.05, 0.1) is 12.7 Å². The molecule has 1 aliphatic rings. The highest BCUT2D eigenvalue weighted by molar-refractivity contribution is 5.77. The summed E-state index contributed by atoms with van der Waals surface area (Å²) in [5, 5.41) is 12.8. The molecule has 0 radical (unpaired) electrons. The molecule has 2 aromatic rings. The number of hydrogen-bond acceptors (Lipinski definition) is 5. The molecule has 1 saturated heterocycles. The number of rotatable bonds is 5. The maximum Gasteiger partial charge on any atom is 0.223 e. The Labute approximate surface area is 153 Å². The first kappa shape index (κ1) is 18.0. The van der Waals surface area contributed by atoms with Gasteiger partial charge in [-0.2, -0.15) is 5.26 Å². The van der Waals surface area contributed by atoms with Crippen molar-refractivity contribution in [1.29, 1.82) is 5.26 Å². The van der Waals surface area contributed by atoms with Crippen LogP contribution in [-0.2, 0) is 18.4 Å². The number of aromatic nitrogens is 2. The van der Waals surface area contributed by atoms with Crippen LogP contribution in [0.4, 0.5) is 0 Å². The predicted octanol–water partition coefficient (Wildman–Crippen LogP) is 1.75. The number of benzene rings is 1. The molecular weight excluding hydrogens is 330 g/mol. The summed E-state index contributed by atoms with van der Waals surface area (Å²) in [6.07, 6.45) is 4.91. The van der Waals surface area contributed by atoms with Crippen LogP contribution in [0.5, 0.6) is 5.75 Å². The monoisotopic (exact) mass is 353 g/mol. The molecule has 2 atom stereocenters. The number of likely N-dealkylation sites (tertiary alicyclic amines) is 1. The number of ether oxygens (including phenoxy) is 1. The van der Waals surface area contributed by atoms with E-state index in [0.717, 1.165) is 17.8 Å². The van der Waals surface area contributed by atoms with Gasteiger partial charge in [0.1, 0.15) is 23.7 Å². The average molecular weight is 353 g/mol. The number of carbonyl (C=O) groups is 1. The average Bonchev–Trinajstić information content (AvgIpc) is 3.07. The molecule has 0 bridgehead atoms. The minimum Gasteiger partial charge on any atom is -0.495 e. The van der Waals surface area contributed by atoms with E-state index in [-0.39, 0.29) is 18.0 Å². The van der Waals surface area contributed by atoms with Gasteiger partial charge in [-0.3, -0.25) is 4.79 Å². The minimum atomic E-state index is -0.120. The first-order chi connectivity index (χ1) is 12.5. The van der Waals surface area contributed by atoms with Crippen LogP contribution in [0.3, 0.4) is 0 Å². The van der Waals surface area contributed by atoms with Crippen molar-refractivity contribution in [3.63, 3.8) is 0 Å². The number of nitrogens with zero attached hydrogens (tertiary/aromatic N) is 4. The summed E-state index contributed by atoms with van der Waals surface area (Å²) in [5.74, 6) is 1.57. The molecule has 1 aromatic carbocycles. The van der Waals surface area contributed by atoms with Gasteiger partial charge in [-0.1, -0.05) is 6.07 Å². The highest BCUT2D eigenvalue weighted by Crippen LogP contribution is 2.30. The van der Waals surface area contributed by atoms with Gasteiger partial charge in [-0.15, -0.1) is 0 Å². The molecule has 1 aliphatic heterocycles. The van der Waals surface area contributed by atoms with Crippen molar-refractivity contribution in [3.8, 4) is 11.8 Å². The molecule has 1 aromatic heterocycles. The van der Waals surface area contributed by atoms with Gasteiger partial charge in [0.2, 0.25) is 5.91 Å². The second-order valence-electron chi connectivity index (χ2n) is 6.52. The molecule has 3 rings (SSSR count). The van der Waals surface area contributed by atoms with Crippen LogP contribution >= 0.6 is 0 Å². The SMILES string of the molecule is COc1ccc(CN[C@@H]2CCC(=O)N(C)[C@H]2c2nccn2C)cc1C#N. The van der Waals surface area contributed by atoms with Gasteiger partial charge in [-0.05, 0) is 24.1 Å². The van der Waals surface area contributed by atoms with E-state index in [2.05, 4.69) is 16.4 Å². The van der Waals surface area contributed by atoms with Crippen LogP contribution in [0, 0.1) is 11.3 Å². The largest absolute Gasteiger partial charge is 0.495 e. The molecule has 0 aliphatic carbocycles. The summed E-state index contributed by atoms with van der Waals surface area (Å²) in [5.41, 5.74) is 1.52. The van der Waals surface area contributed by atoms with Crippen molar-refractivity contribution in [2.24, 2.45) is 7.05 Å². The number of methoxy groups -OCH3 is 1. The number of likely N-dealkylation sites (N-methyl/N-ethyl adjacent to an activating group) is 1. The third kappa shape index (κ3) is 3.41. The topological polar surface area (TPSA) is 83.2 Å². The van der Waals surface area contributed by atoms with E-state index in [1.165, 1.54) is 0 Å². The van der Waals surface area contributed by atoms with E-state index < -0.39 is 0 Å². The van der Waals surface area contributed by atoms with Gasteiger partial charge >= 0.3 is 0 Å². The Hall–Kier alpha value is -2.85. The van der Waals surface area contributed by atoms with Gasteiger partial charge in [0, 0.05) is 45.5 Å². The van der Waals surface area contributed by atoms with E-state index >= 15 is 0 Å². The lowest BCUT2D eigenvalue weighted by atomic mass is 9.95. The Bertz CT molecular complexity index is 839. The maximum atomic E-state index is 12.2. The lowest BCUT2D eigenvalue weighted by molar-refractivity contribution is -0.136. The van der Waals surface area contributed by atoms with Crippen molar-refractivity contribution >= 4 is 5.91 Å². The number of aryl methyl sites for hydroxylation is 1. The lowest BCUT2D eigenvalue weighted by Gasteiger charge is -2.39. The maximum absolute atomic E-state index is 12.2. The molecule has 1 N–H and O–H groups in total. The third-order valence-corrected chi connectivity index (χ3v) is 4.94. The molecule has 0 saturated carbocycles. The van der Waals surface area contributed by atoms with E-state index in [4.69, 9.17) is 4.74 Å². The first-order valence-electron chi connectivity index (χ1n) is 8.58. The van der Waals surface area contributed by atoms with E-state index in [0.29, 0.717) is 24.3 Å². The molecule has 7 heteroatoms. The summed E-state index contributed by atoms with van der Waals surface area (Å²) in [7, 11) is 5.33. The minimum absolute atomic E-state index is 0.0893. The number of imidazole rings is 1. The zero-order valence-electron chi connectivity index (χ0n) is 15.3. The molecule has 7 nitrogen and oxygen atoms in total. The number of carbonyl (C=O) groups excluding carboxylic acids is 1. The van der Waals surface area contributed by atoms with E-state index in [9.17, 15) is 10.1 Å². The zero-order valence-corrected chi connectivity index (χ0v) is 15.3. The Balaban J connectivity index is 1.78. The Morgan fingerprint density at radius 3 is 2.88 bits per heavy atom. The van der Waals surface area contributed by atoms with Crippen LogP contribution in [-0.4, -0.2) is 40.6 Å². The molecule has 26 heavy (non-hydrogen) atoms. The summed E-state index contributed by atoms with van der Waals surface area (Å²) >= 11 is 0. The van der Waals surface area contributed by atoms with Crippen molar-refractivity contribution in [3.05, 3.63) is 47.5 Å². The summed E-state index contributed by atoms with van der Waals surface area (Å²) in [4.78, 5) is 18.4. The normalized spacial score (nSPS) is 20.1. The van der Waals surface area contributed by atoms with Crippen molar-refractivity contribution in [2.45, 2.75) is 31.5 Å². The van der Waals surface area contributed by atoms with Gasteiger partial charge in [-0.25, -0.2) is 4.98 Å². The molecule has 136 valence electrons. The van der Waals surface area contributed by atoms with Crippen LogP contribution < -0.4 is 10.1 Å². The molecule has 0 unspecified atom stereocenters. The number of amides is 1. The van der Waals surface area contributed by atoms with E-state index in [1.54, 1.807) is 18.2 Å².